The number of benzene rings is 1. The van der Waals surface area contributed by atoms with Crippen LogP contribution in [-0.2, 0) is 6.42 Å². The first-order valence-electron chi connectivity index (χ1n) is 6.44. The highest BCUT2D eigenvalue weighted by Gasteiger charge is 2.25. The zero-order chi connectivity index (χ0) is 14.5. The average molecular weight is 272 g/mol. The van der Waals surface area contributed by atoms with Gasteiger partial charge in [0.2, 0.25) is 0 Å². The number of nitrogens with zero attached hydrogens (tertiary/aromatic N) is 1. The number of urea groups is 1. The van der Waals surface area contributed by atoms with Gasteiger partial charge in [-0.1, -0.05) is 6.07 Å². The molecule has 5 nitrogen and oxygen atoms in total. The maximum atomic E-state index is 12.1. The summed E-state index contributed by atoms with van der Waals surface area (Å²) in [7, 11) is 0. The molecule has 5 heteroatoms. The lowest BCUT2D eigenvalue weighted by atomic mass is 10.1. The molecule has 0 bridgehead atoms. The topological polar surface area (TPSA) is 69.6 Å². The zero-order valence-corrected chi connectivity index (χ0v) is 11.3. The lowest BCUT2D eigenvalue weighted by molar-refractivity contribution is 0.0697. The van der Waals surface area contributed by atoms with Crippen LogP contribution in [0.25, 0.3) is 0 Å². The fraction of sp³-hybridized carbons (Fsp3) is 0.333. The molecular weight excluding hydrogens is 256 g/mol. The summed E-state index contributed by atoms with van der Waals surface area (Å²) in [5, 5.41) is 11.8. The predicted octanol–water partition coefficient (Wildman–Crippen LogP) is 1.87. The van der Waals surface area contributed by atoms with Gasteiger partial charge in [0.05, 0.1) is 5.56 Å². The second-order valence-electron chi connectivity index (χ2n) is 4.46. The quantitative estimate of drug-likeness (QED) is 0.652. The number of nitrogens with one attached hydrogen (secondary N) is 1. The van der Waals surface area contributed by atoms with Gasteiger partial charge < -0.3 is 10.4 Å². The number of fused-ring (bicyclic) bond motifs is 1. The number of carbonyl (C=O) groups is 2. The van der Waals surface area contributed by atoms with E-state index in [1.807, 2.05) is 0 Å². The number of amides is 2. The SMILES string of the molecule is CC#CCCNC(=O)N1CCc2ccc(C(=O)O)cc21. The molecule has 0 aliphatic carbocycles. The molecule has 0 atom stereocenters. The molecular formula is C15H16N2O3. The van der Waals surface area contributed by atoms with Crippen LogP contribution in [0, 0.1) is 11.8 Å². The van der Waals surface area contributed by atoms with E-state index in [0.29, 0.717) is 25.2 Å². The van der Waals surface area contributed by atoms with Gasteiger partial charge in [0.15, 0.2) is 0 Å². The third-order valence-electron chi connectivity index (χ3n) is 3.18. The third-order valence-corrected chi connectivity index (χ3v) is 3.18. The molecule has 104 valence electrons. The Hall–Kier alpha value is -2.48. The van der Waals surface area contributed by atoms with E-state index >= 15 is 0 Å². The summed E-state index contributed by atoms with van der Waals surface area (Å²) in [5.74, 6) is 4.66. The van der Waals surface area contributed by atoms with Crippen molar-refractivity contribution in [1.29, 1.82) is 0 Å². The van der Waals surface area contributed by atoms with Gasteiger partial charge in [0.25, 0.3) is 0 Å². The van der Waals surface area contributed by atoms with Gasteiger partial charge in [0, 0.05) is 25.2 Å². The smallest absolute Gasteiger partial charge is 0.335 e. The highest BCUT2D eigenvalue weighted by molar-refractivity contribution is 5.96. The van der Waals surface area contributed by atoms with Gasteiger partial charge in [-0.05, 0) is 31.0 Å². The highest BCUT2D eigenvalue weighted by Crippen LogP contribution is 2.29. The van der Waals surface area contributed by atoms with Crippen molar-refractivity contribution in [3.63, 3.8) is 0 Å². The summed E-state index contributed by atoms with van der Waals surface area (Å²) in [4.78, 5) is 24.6. The minimum atomic E-state index is -0.988. The number of carboxylic acid groups (broad SMARTS) is 1. The number of anilines is 1. The molecule has 20 heavy (non-hydrogen) atoms. The molecule has 0 fully saturated rings. The molecule has 0 saturated heterocycles. The molecule has 0 saturated carbocycles. The van der Waals surface area contributed by atoms with Crippen LogP contribution in [0.5, 0.6) is 0 Å². The molecule has 2 amide bonds. The van der Waals surface area contributed by atoms with E-state index in [0.717, 1.165) is 12.0 Å². The first-order chi connectivity index (χ1) is 9.63. The number of hydrogen-bond donors (Lipinski definition) is 2. The molecule has 0 spiro atoms. The van der Waals surface area contributed by atoms with Gasteiger partial charge in [-0.3, -0.25) is 4.90 Å². The van der Waals surface area contributed by atoms with Gasteiger partial charge >= 0.3 is 12.0 Å². The summed E-state index contributed by atoms with van der Waals surface area (Å²) in [5.41, 5.74) is 1.88. The van der Waals surface area contributed by atoms with Crippen LogP contribution in [0.15, 0.2) is 18.2 Å². The fourth-order valence-corrected chi connectivity index (χ4v) is 2.18. The second kappa shape index (κ2) is 6.11. The third kappa shape index (κ3) is 2.91. The normalized spacial score (nSPS) is 12.3. The monoisotopic (exact) mass is 272 g/mol. The van der Waals surface area contributed by atoms with E-state index in [2.05, 4.69) is 17.2 Å². The first-order valence-corrected chi connectivity index (χ1v) is 6.44. The van der Waals surface area contributed by atoms with E-state index in [4.69, 9.17) is 5.11 Å². The molecule has 2 rings (SSSR count). The Morgan fingerprint density at radius 2 is 2.25 bits per heavy atom. The summed E-state index contributed by atoms with van der Waals surface area (Å²) in [6, 6.07) is 4.69. The van der Waals surface area contributed by atoms with Crippen LogP contribution >= 0.6 is 0 Å². The minimum absolute atomic E-state index is 0.195. The van der Waals surface area contributed by atoms with Crippen molar-refractivity contribution in [1.82, 2.24) is 5.32 Å². The predicted molar refractivity (Wildman–Crippen MR) is 75.9 cm³/mol. The van der Waals surface area contributed by atoms with Crippen molar-refractivity contribution in [3.05, 3.63) is 29.3 Å². The Balaban J connectivity index is 2.09. The Bertz CT molecular complexity index is 599. The maximum Gasteiger partial charge on any atom is 0.335 e. The van der Waals surface area contributed by atoms with E-state index in [1.165, 1.54) is 0 Å². The van der Waals surface area contributed by atoms with Crippen LogP contribution in [0.1, 0.15) is 29.3 Å². The molecule has 0 unspecified atom stereocenters. The zero-order valence-electron chi connectivity index (χ0n) is 11.3. The maximum absolute atomic E-state index is 12.1. The van der Waals surface area contributed by atoms with Gasteiger partial charge in [-0.2, -0.15) is 0 Å². The van der Waals surface area contributed by atoms with Crippen molar-refractivity contribution < 1.29 is 14.7 Å². The molecule has 1 aliphatic rings. The van der Waals surface area contributed by atoms with Crippen LogP contribution in [-0.4, -0.2) is 30.2 Å². The molecule has 1 aromatic carbocycles. The Kier molecular flexibility index (Phi) is 4.26. The first kappa shape index (κ1) is 13.9. The minimum Gasteiger partial charge on any atom is -0.478 e. The van der Waals surface area contributed by atoms with Crippen LogP contribution in [0.3, 0.4) is 0 Å². The van der Waals surface area contributed by atoms with E-state index < -0.39 is 5.97 Å². The Morgan fingerprint density at radius 1 is 1.45 bits per heavy atom. The Morgan fingerprint density at radius 3 is 2.95 bits per heavy atom. The van der Waals surface area contributed by atoms with Crippen LogP contribution < -0.4 is 10.2 Å². The fourth-order valence-electron chi connectivity index (χ4n) is 2.18. The van der Waals surface area contributed by atoms with Crippen molar-refractivity contribution in [2.75, 3.05) is 18.0 Å². The van der Waals surface area contributed by atoms with Crippen molar-refractivity contribution in [3.8, 4) is 11.8 Å². The molecule has 1 heterocycles. The number of carboxylic acids is 1. The van der Waals surface area contributed by atoms with Crippen molar-refractivity contribution in [2.45, 2.75) is 19.8 Å². The summed E-state index contributed by atoms with van der Waals surface area (Å²) in [6.45, 7) is 2.82. The van der Waals surface area contributed by atoms with Gasteiger partial charge in [-0.25, -0.2) is 9.59 Å². The Labute approximate surface area is 117 Å². The van der Waals surface area contributed by atoms with Crippen LogP contribution in [0.4, 0.5) is 10.5 Å². The summed E-state index contributed by atoms with van der Waals surface area (Å²) >= 11 is 0. The van der Waals surface area contributed by atoms with Crippen molar-refractivity contribution in [2.24, 2.45) is 0 Å². The van der Waals surface area contributed by atoms with Crippen molar-refractivity contribution >= 4 is 17.7 Å². The molecule has 0 aromatic heterocycles. The number of carbonyl (C=O) groups excluding carboxylic acids is 1. The summed E-state index contributed by atoms with van der Waals surface area (Å²) in [6.07, 6.45) is 1.36. The van der Waals surface area contributed by atoms with E-state index in [-0.39, 0.29) is 11.6 Å². The highest BCUT2D eigenvalue weighted by atomic mass is 16.4. The van der Waals surface area contributed by atoms with E-state index in [9.17, 15) is 9.59 Å². The number of aromatic carboxylic acids is 1. The van der Waals surface area contributed by atoms with E-state index in [1.54, 1.807) is 30.0 Å². The molecule has 2 N–H and O–H groups in total. The number of rotatable bonds is 3. The van der Waals surface area contributed by atoms with Gasteiger partial charge in [-0.15, -0.1) is 11.8 Å². The molecule has 1 aromatic rings. The van der Waals surface area contributed by atoms with Gasteiger partial charge in [0.1, 0.15) is 0 Å². The summed E-state index contributed by atoms with van der Waals surface area (Å²) < 4.78 is 0. The molecule has 1 aliphatic heterocycles. The molecule has 0 radical (unpaired) electrons. The average Bonchev–Trinajstić information content (AvgIpc) is 2.86. The number of hydrogen-bond acceptors (Lipinski definition) is 2. The largest absolute Gasteiger partial charge is 0.478 e. The lowest BCUT2D eigenvalue weighted by Crippen LogP contribution is -2.39. The van der Waals surface area contributed by atoms with Crippen LogP contribution in [0.2, 0.25) is 0 Å². The second-order valence-corrected chi connectivity index (χ2v) is 4.46. The lowest BCUT2D eigenvalue weighted by Gasteiger charge is -2.18. The standard InChI is InChI=1S/C15H16N2O3/c1-2-3-4-8-16-15(20)17-9-7-11-5-6-12(14(18)19)10-13(11)17/h5-6,10H,4,7-9H2,1H3,(H,16,20)(H,18,19).